The number of morpholine rings is 1. The van der Waals surface area contributed by atoms with Gasteiger partial charge in [0.15, 0.2) is 0 Å². The van der Waals surface area contributed by atoms with Crippen LogP contribution in [0.2, 0.25) is 0 Å². The lowest BCUT2D eigenvalue weighted by Gasteiger charge is -2.34. The van der Waals surface area contributed by atoms with E-state index in [1.165, 1.54) is 24.3 Å². The summed E-state index contributed by atoms with van der Waals surface area (Å²) in [4.78, 5) is 13.7. The third-order valence-corrected chi connectivity index (χ3v) is 6.46. The molecule has 3 aromatic rings. The van der Waals surface area contributed by atoms with Gasteiger partial charge in [0.25, 0.3) is 0 Å². The number of nitrogens with zero attached hydrogens (tertiary/aromatic N) is 1. The molecule has 1 fully saturated rings. The van der Waals surface area contributed by atoms with Crippen LogP contribution in [0.25, 0.3) is 11.0 Å². The minimum atomic E-state index is -3.73. The third kappa shape index (κ3) is 4.56. The molecule has 0 bridgehead atoms. The van der Waals surface area contributed by atoms with E-state index in [4.69, 9.17) is 9.15 Å². The fourth-order valence-corrected chi connectivity index (χ4v) is 4.58. The molecular formula is C21H22N2O5S. The number of fused-ring (bicyclic) bond motifs is 1. The van der Waals surface area contributed by atoms with Crippen LogP contribution in [0.1, 0.15) is 11.6 Å². The molecule has 1 N–H and O–H groups in total. The Bertz CT molecular complexity index is 1140. The number of sulfonamides is 1. The highest BCUT2D eigenvalue weighted by atomic mass is 32.2. The third-order valence-electron chi connectivity index (χ3n) is 5.04. The molecule has 1 atom stereocenters. The molecule has 0 saturated carbocycles. The number of ether oxygens (including phenoxy) is 1. The monoisotopic (exact) mass is 414 g/mol. The predicted molar refractivity (Wildman–Crippen MR) is 109 cm³/mol. The summed E-state index contributed by atoms with van der Waals surface area (Å²) in [5.41, 5.74) is 0.937. The molecule has 4 rings (SSSR count). The van der Waals surface area contributed by atoms with E-state index in [1.807, 2.05) is 30.3 Å². The summed E-state index contributed by atoms with van der Waals surface area (Å²) in [6.07, 6.45) is 0. The van der Waals surface area contributed by atoms with Gasteiger partial charge in [-0.1, -0.05) is 30.3 Å². The minimum Gasteiger partial charge on any atom is -0.423 e. The van der Waals surface area contributed by atoms with Gasteiger partial charge in [0.2, 0.25) is 10.0 Å². The fourth-order valence-electron chi connectivity index (χ4n) is 3.51. The normalized spacial score (nSPS) is 16.7. The maximum Gasteiger partial charge on any atom is 0.336 e. The van der Waals surface area contributed by atoms with Gasteiger partial charge in [-0.25, -0.2) is 17.9 Å². The summed E-state index contributed by atoms with van der Waals surface area (Å²) < 4.78 is 39.1. The van der Waals surface area contributed by atoms with E-state index in [2.05, 4.69) is 9.62 Å². The summed E-state index contributed by atoms with van der Waals surface area (Å²) in [5, 5.41) is 0.556. The first-order chi connectivity index (χ1) is 14.0. The number of hydrogen-bond acceptors (Lipinski definition) is 6. The summed E-state index contributed by atoms with van der Waals surface area (Å²) in [5.74, 6) is 0. The molecular weight excluding hydrogens is 392 g/mol. The van der Waals surface area contributed by atoms with Crippen LogP contribution in [0.4, 0.5) is 0 Å². The van der Waals surface area contributed by atoms with Crippen molar-refractivity contribution in [2.24, 2.45) is 0 Å². The van der Waals surface area contributed by atoms with E-state index in [-0.39, 0.29) is 17.5 Å². The lowest BCUT2D eigenvalue weighted by molar-refractivity contribution is 0.0172. The van der Waals surface area contributed by atoms with E-state index in [1.54, 1.807) is 6.07 Å². The Labute approximate surface area is 169 Å². The highest BCUT2D eigenvalue weighted by Crippen LogP contribution is 2.23. The van der Waals surface area contributed by atoms with Gasteiger partial charge < -0.3 is 9.15 Å². The number of benzene rings is 2. The molecule has 0 aliphatic carbocycles. The zero-order chi connectivity index (χ0) is 20.3. The average Bonchev–Trinajstić information content (AvgIpc) is 2.75. The van der Waals surface area contributed by atoms with Crippen LogP contribution < -0.4 is 10.3 Å². The molecule has 1 aliphatic heterocycles. The molecule has 0 amide bonds. The summed E-state index contributed by atoms with van der Waals surface area (Å²) >= 11 is 0. The van der Waals surface area contributed by atoms with Crippen molar-refractivity contribution in [2.45, 2.75) is 10.9 Å². The molecule has 1 aliphatic rings. The maximum absolute atomic E-state index is 12.9. The van der Waals surface area contributed by atoms with E-state index in [0.717, 1.165) is 18.7 Å². The van der Waals surface area contributed by atoms with Gasteiger partial charge in [-0.3, -0.25) is 4.90 Å². The zero-order valence-electron chi connectivity index (χ0n) is 15.8. The van der Waals surface area contributed by atoms with E-state index >= 15 is 0 Å². The molecule has 1 aromatic heterocycles. The molecule has 152 valence electrons. The van der Waals surface area contributed by atoms with Gasteiger partial charge in [-0.05, 0) is 29.8 Å². The first-order valence-electron chi connectivity index (χ1n) is 9.43. The van der Waals surface area contributed by atoms with Crippen LogP contribution in [0.15, 0.2) is 74.8 Å². The summed E-state index contributed by atoms with van der Waals surface area (Å²) in [6, 6.07) is 17.1. The second-order valence-electron chi connectivity index (χ2n) is 6.88. The van der Waals surface area contributed by atoms with Gasteiger partial charge in [0, 0.05) is 37.1 Å². The van der Waals surface area contributed by atoms with Gasteiger partial charge >= 0.3 is 5.63 Å². The summed E-state index contributed by atoms with van der Waals surface area (Å²) in [6.45, 7) is 3.00. The van der Waals surface area contributed by atoms with Gasteiger partial charge in [-0.15, -0.1) is 0 Å². The minimum absolute atomic E-state index is 0.0895. The average molecular weight is 414 g/mol. The van der Waals surface area contributed by atoms with Crippen molar-refractivity contribution >= 4 is 21.0 Å². The maximum atomic E-state index is 12.9. The quantitative estimate of drug-likeness (QED) is 0.622. The first kappa shape index (κ1) is 19.8. The van der Waals surface area contributed by atoms with E-state index in [9.17, 15) is 13.2 Å². The molecule has 0 radical (unpaired) electrons. The Morgan fingerprint density at radius 3 is 2.52 bits per heavy atom. The fraction of sp³-hybridized carbons (Fsp3) is 0.286. The molecule has 8 heteroatoms. The van der Waals surface area contributed by atoms with E-state index in [0.29, 0.717) is 24.2 Å². The molecule has 1 unspecified atom stereocenters. The van der Waals surface area contributed by atoms with Crippen molar-refractivity contribution in [3.05, 3.63) is 76.6 Å². The van der Waals surface area contributed by atoms with Crippen molar-refractivity contribution in [3.63, 3.8) is 0 Å². The Morgan fingerprint density at radius 1 is 1.00 bits per heavy atom. The van der Waals surface area contributed by atoms with Crippen molar-refractivity contribution in [2.75, 3.05) is 32.8 Å². The Hall–Kier alpha value is -2.52. The molecule has 0 spiro atoms. The van der Waals surface area contributed by atoms with Crippen LogP contribution in [0.5, 0.6) is 0 Å². The Morgan fingerprint density at radius 2 is 1.76 bits per heavy atom. The van der Waals surface area contributed by atoms with Gasteiger partial charge in [0.05, 0.1) is 18.1 Å². The largest absolute Gasteiger partial charge is 0.423 e. The Balaban J connectivity index is 1.57. The van der Waals surface area contributed by atoms with Crippen molar-refractivity contribution in [1.29, 1.82) is 0 Å². The first-order valence-corrected chi connectivity index (χ1v) is 10.9. The lowest BCUT2D eigenvalue weighted by atomic mass is 10.1. The van der Waals surface area contributed by atoms with Crippen LogP contribution in [0.3, 0.4) is 0 Å². The van der Waals surface area contributed by atoms with Crippen molar-refractivity contribution < 1.29 is 17.6 Å². The van der Waals surface area contributed by atoms with Crippen LogP contribution in [-0.2, 0) is 14.8 Å². The second kappa shape index (κ2) is 8.46. The van der Waals surface area contributed by atoms with Gasteiger partial charge in [0.1, 0.15) is 5.58 Å². The molecule has 1 saturated heterocycles. The topological polar surface area (TPSA) is 88.9 Å². The van der Waals surface area contributed by atoms with Gasteiger partial charge in [-0.2, -0.15) is 0 Å². The number of nitrogens with one attached hydrogen (secondary N) is 1. The second-order valence-corrected chi connectivity index (χ2v) is 8.65. The molecule has 7 nitrogen and oxygen atoms in total. The Kier molecular flexibility index (Phi) is 5.77. The molecule has 2 heterocycles. The van der Waals surface area contributed by atoms with Crippen LogP contribution in [-0.4, -0.2) is 46.2 Å². The molecule has 29 heavy (non-hydrogen) atoms. The highest BCUT2D eigenvalue weighted by Gasteiger charge is 2.25. The lowest BCUT2D eigenvalue weighted by Crippen LogP contribution is -2.43. The van der Waals surface area contributed by atoms with Crippen LogP contribution in [0, 0.1) is 0 Å². The standard InChI is InChI=1S/C21H22N2O5S/c24-21-9-6-17-14-18(7-8-20(17)28-21)29(25,26)22-15-19(16-4-2-1-3-5-16)23-10-12-27-13-11-23/h1-9,14,19,22H,10-13,15H2. The van der Waals surface area contributed by atoms with Crippen molar-refractivity contribution in [3.8, 4) is 0 Å². The highest BCUT2D eigenvalue weighted by molar-refractivity contribution is 7.89. The number of rotatable bonds is 6. The summed E-state index contributed by atoms with van der Waals surface area (Å²) in [7, 11) is -3.73. The SMILES string of the molecule is O=c1ccc2cc(S(=O)(=O)NCC(c3ccccc3)N3CCOCC3)ccc2o1. The zero-order valence-corrected chi connectivity index (χ0v) is 16.6. The van der Waals surface area contributed by atoms with Crippen LogP contribution >= 0.6 is 0 Å². The molecule has 2 aromatic carbocycles. The smallest absolute Gasteiger partial charge is 0.336 e. The van der Waals surface area contributed by atoms with Crippen molar-refractivity contribution in [1.82, 2.24) is 9.62 Å². The number of hydrogen-bond donors (Lipinski definition) is 1. The van der Waals surface area contributed by atoms with E-state index < -0.39 is 15.6 Å². The predicted octanol–water partition coefficient (Wildman–Crippen LogP) is 2.14.